The smallest absolute Gasteiger partial charge is 0.340 e. The van der Waals surface area contributed by atoms with Crippen molar-refractivity contribution >= 4 is 11.9 Å². The molecule has 1 aliphatic rings. The average molecular weight is 242 g/mol. The molecule has 0 aliphatic heterocycles. The van der Waals surface area contributed by atoms with E-state index in [4.69, 9.17) is 19.7 Å². The van der Waals surface area contributed by atoms with Crippen molar-refractivity contribution in [3.63, 3.8) is 0 Å². The number of carbonyl (C=O) groups is 2. The maximum atomic E-state index is 11.2. The van der Waals surface area contributed by atoms with E-state index in [1.54, 1.807) is 6.92 Å². The summed E-state index contributed by atoms with van der Waals surface area (Å²) in [6.45, 7) is 1.87. The molecule has 2 N–H and O–H groups in total. The molecule has 0 saturated carbocycles. The van der Waals surface area contributed by atoms with Gasteiger partial charge in [-0.3, -0.25) is 0 Å². The molecule has 0 fully saturated rings. The summed E-state index contributed by atoms with van der Waals surface area (Å²) < 4.78 is 10.1. The Bertz CT molecular complexity index is 395. The van der Waals surface area contributed by atoms with Gasteiger partial charge in [-0.15, -0.1) is 0 Å². The maximum Gasteiger partial charge on any atom is 0.340 e. The third-order valence-electron chi connectivity index (χ3n) is 2.48. The zero-order chi connectivity index (χ0) is 13.1. The summed E-state index contributed by atoms with van der Waals surface area (Å²) in [5.41, 5.74) is -1.59. The van der Waals surface area contributed by atoms with Crippen molar-refractivity contribution in [1.29, 1.82) is 0 Å². The molecule has 1 rings (SSSR count). The van der Waals surface area contributed by atoms with Crippen molar-refractivity contribution < 1.29 is 29.3 Å². The number of hydrogen-bond donors (Lipinski definition) is 2. The van der Waals surface area contributed by atoms with Crippen LogP contribution in [0.15, 0.2) is 23.5 Å². The Morgan fingerprint density at radius 2 is 2.12 bits per heavy atom. The predicted octanol–water partition coefficient (Wildman–Crippen LogP) is 0.791. The van der Waals surface area contributed by atoms with Gasteiger partial charge in [0, 0.05) is 13.0 Å². The molecule has 1 unspecified atom stereocenters. The number of carboxylic acid groups (broad SMARTS) is 2. The van der Waals surface area contributed by atoms with Crippen LogP contribution < -0.4 is 0 Å². The van der Waals surface area contributed by atoms with Crippen molar-refractivity contribution in [3.05, 3.63) is 23.5 Å². The first kappa shape index (κ1) is 13.2. The van der Waals surface area contributed by atoms with E-state index < -0.39 is 17.5 Å². The zero-order valence-electron chi connectivity index (χ0n) is 9.60. The molecule has 6 heteroatoms. The standard InChI is InChI=1S/C11H14O6/c1-3-17-11(10(14)15)5-4-7(9(12)13)8(6-11)16-2/h4-5H,3,6H2,1-2H3,(H,12,13)(H,14,15). The van der Waals surface area contributed by atoms with Crippen LogP contribution in [-0.2, 0) is 19.1 Å². The minimum absolute atomic E-state index is 0.0518. The Morgan fingerprint density at radius 3 is 2.53 bits per heavy atom. The van der Waals surface area contributed by atoms with Crippen molar-refractivity contribution in [2.24, 2.45) is 0 Å². The Kier molecular flexibility index (Phi) is 3.90. The largest absolute Gasteiger partial charge is 0.500 e. The van der Waals surface area contributed by atoms with E-state index in [9.17, 15) is 9.59 Å². The second-order valence-electron chi connectivity index (χ2n) is 3.48. The molecule has 0 bridgehead atoms. The highest BCUT2D eigenvalue weighted by molar-refractivity contribution is 5.92. The zero-order valence-corrected chi connectivity index (χ0v) is 9.60. The molecule has 1 atom stereocenters. The van der Waals surface area contributed by atoms with E-state index in [0.29, 0.717) is 0 Å². The first-order valence-electron chi connectivity index (χ1n) is 5.04. The Balaban J connectivity index is 3.11. The van der Waals surface area contributed by atoms with Gasteiger partial charge in [-0.1, -0.05) is 0 Å². The number of aliphatic carboxylic acids is 2. The summed E-state index contributed by atoms with van der Waals surface area (Å²) in [5.74, 6) is -2.24. The number of hydrogen-bond acceptors (Lipinski definition) is 4. The average Bonchev–Trinajstić information content (AvgIpc) is 2.28. The molecule has 6 nitrogen and oxygen atoms in total. The molecule has 0 aromatic heterocycles. The lowest BCUT2D eigenvalue weighted by Gasteiger charge is -2.29. The molecule has 0 spiro atoms. The highest BCUT2D eigenvalue weighted by Gasteiger charge is 2.41. The van der Waals surface area contributed by atoms with Gasteiger partial charge in [0.25, 0.3) is 0 Å². The number of rotatable bonds is 5. The molecule has 94 valence electrons. The third kappa shape index (κ3) is 2.47. The molecule has 1 aliphatic carbocycles. The van der Waals surface area contributed by atoms with E-state index in [-0.39, 0.29) is 24.4 Å². The fraction of sp³-hybridized carbons (Fsp3) is 0.455. The molecule has 0 aromatic rings. The van der Waals surface area contributed by atoms with Gasteiger partial charge in [-0.25, -0.2) is 9.59 Å². The van der Waals surface area contributed by atoms with Gasteiger partial charge in [-0.05, 0) is 19.1 Å². The van der Waals surface area contributed by atoms with Crippen LogP contribution in [0.2, 0.25) is 0 Å². The van der Waals surface area contributed by atoms with Gasteiger partial charge in [0.05, 0.1) is 12.7 Å². The summed E-state index contributed by atoms with van der Waals surface area (Å²) in [5, 5.41) is 18.1. The number of carboxylic acids is 2. The fourth-order valence-corrected chi connectivity index (χ4v) is 1.64. The quantitative estimate of drug-likeness (QED) is 0.740. The number of methoxy groups -OCH3 is 1. The van der Waals surface area contributed by atoms with Gasteiger partial charge in [0.1, 0.15) is 5.76 Å². The predicted molar refractivity (Wildman–Crippen MR) is 57.4 cm³/mol. The van der Waals surface area contributed by atoms with Crippen molar-refractivity contribution in [3.8, 4) is 0 Å². The molecule has 0 aromatic carbocycles. The van der Waals surface area contributed by atoms with Crippen molar-refractivity contribution in [1.82, 2.24) is 0 Å². The normalized spacial score (nSPS) is 23.6. The van der Waals surface area contributed by atoms with Gasteiger partial charge < -0.3 is 19.7 Å². The monoisotopic (exact) mass is 242 g/mol. The molecule has 0 saturated heterocycles. The summed E-state index contributed by atoms with van der Waals surface area (Å²) in [6.07, 6.45) is 2.31. The summed E-state index contributed by atoms with van der Waals surface area (Å²) >= 11 is 0. The van der Waals surface area contributed by atoms with Crippen LogP contribution in [0.3, 0.4) is 0 Å². The summed E-state index contributed by atoms with van der Waals surface area (Å²) in [6, 6.07) is 0. The molecule has 0 amide bonds. The van der Waals surface area contributed by atoms with Crippen LogP contribution in [-0.4, -0.2) is 41.5 Å². The highest BCUT2D eigenvalue weighted by Crippen LogP contribution is 2.31. The highest BCUT2D eigenvalue weighted by atomic mass is 16.5. The summed E-state index contributed by atoms with van der Waals surface area (Å²) in [4.78, 5) is 22.1. The fourth-order valence-electron chi connectivity index (χ4n) is 1.64. The first-order valence-corrected chi connectivity index (χ1v) is 5.04. The Morgan fingerprint density at radius 1 is 1.47 bits per heavy atom. The minimum atomic E-state index is -1.54. The van der Waals surface area contributed by atoms with Gasteiger partial charge in [-0.2, -0.15) is 0 Å². The van der Waals surface area contributed by atoms with Crippen LogP contribution in [0, 0.1) is 0 Å². The van der Waals surface area contributed by atoms with Crippen molar-refractivity contribution in [2.45, 2.75) is 18.9 Å². The van der Waals surface area contributed by atoms with Crippen molar-refractivity contribution in [2.75, 3.05) is 13.7 Å². The number of ether oxygens (including phenoxy) is 2. The second kappa shape index (κ2) is 5.01. The van der Waals surface area contributed by atoms with Gasteiger partial charge in [0.15, 0.2) is 5.60 Å². The van der Waals surface area contributed by atoms with Gasteiger partial charge >= 0.3 is 11.9 Å². The maximum absolute atomic E-state index is 11.2. The lowest BCUT2D eigenvalue weighted by Crippen LogP contribution is -2.42. The lowest BCUT2D eigenvalue weighted by molar-refractivity contribution is -0.160. The SMILES string of the molecule is CCOC1(C(=O)O)C=CC(C(=O)O)=C(OC)C1. The molecule has 0 heterocycles. The minimum Gasteiger partial charge on any atom is -0.500 e. The molecular weight excluding hydrogens is 228 g/mol. The Hall–Kier alpha value is -1.82. The molecular formula is C11H14O6. The van der Waals surface area contributed by atoms with E-state index >= 15 is 0 Å². The van der Waals surface area contributed by atoms with E-state index in [1.165, 1.54) is 19.3 Å². The van der Waals surface area contributed by atoms with E-state index in [2.05, 4.69) is 0 Å². The van der Waals surface area contributed by atoms with Crippen LogP contribution in [0.25, 0.3) is 0 Å². The molecule has 0 radical (unpaired) electrons. The van der Waals surface area contributed by atoms with Crippen LogP contribution in [0.4, 0.5) is 0 Å². The lowest BCUT2D eigenvalue weighted by atomic mass is 9.90. The van der Waals surface area contributed by atoms with Gasteiger partial charge in [0.2, 0.25) is 0 Å². The second-order valence-corrected chi connectivity index (χ2v) is 3.48. The third-order valence-corrected chi connectivity index (χ3v) is 2.48. The first-order chi connectivity index (χ1) is 7.96. The Labute approximate surface area is 98.1 Å². The topological polar surface area (TPSA) is 93.1 Å². The van der Waals surface area contributed by atoms with Crippen LogP contribution >= 0.6 is 0 Å². The van der Waals surface area contributed by atoms with E-state index in [0.717, 1.165) is 0 Å². The van der Waals surface area contributed by atoms with E-state index in [1.807, 2.05) is 0 Å². The molecule has 17 heavy (non-hydrogen) atoms. The van der Waals surface area contributed by atoms with Crippen LogP contribution in [0.5, 0.6) is 0 Å². The summed E-state index contributed by atoms with van der Waals surface area (Å²) in [7, 11) is 1.30. The van der Waals surface area contributed by atoms with Crippen LogP contribution in [0.1, 0.15) is 13.3 Å².